The molecule has 0 aliphatic carbocycles. The number of thioether (sulfide) groups is 1. The summed E-state index contributed by atoms with van der Waals surface area (Å²) in [6.45, 7) is 0.931. The van der Waals surface area contributed by atoms with Crippen molar-refractivity contribution in [2.24, 2.45) is 0 Å². The van der Waals surface area contributed by atoms with E-state index in [1.165, 1.54) is 18.3 Å². The van der Waals surface area contributed by atoms with Gasteiger partial charge in [0, 0.05) is 23.1 Å². The van der Waals surface area contributed by atoms with Crippen LogP contribution in [0.1, 0.15) is 11.8 Å². The average Bonchev–Trinajstić information content (AvgIpc) is 3.11. The van der Waals surface area contributed by atoms with Crippen LogP contribution in [0.4, 0.5) is 0 Å². The number of carboxylic acids is 1. The van der Waals surface area contributed by atoms with Gasteiger partial charge in [-0.2, -0.15) is 0 Å². The van der Waals surface area contributed by atoms with Crippen molar-refractivity contribution >= 4 is 46.9 Å². The summed E-state index contributed by atoms with van der Waals surface area (Å²) in [4.78, 5) is 48.9. The number of aliphatic carboxylic acids is 1. The van der Waals surface area contributed by atoms with E-state index in [0.29, 0.717) is 0 Å². The number of esters is 1. The van der Waals surface area contributed by atoms with Crippen molar-refractivity contribution in [3.8, 4) is 0 Å². The number of carboxylic acid groups (broad SMARTS) is 1. The maximum Gasteiger partial charge on any atom is 0.352 e. The summed E-state index contributed by atoms with van der Waals surface area (Å²) in [5, 5.41) is 23.3. The highest BCUT2D eigenvalue weighted by Gasteiger charge is 2.65. The Labute approximate surface area is 162 Å². The van der Waals surface area contributed by atoms with Gasteiger partial charge in [-0.3, -0.25) is 19.3 Å². The Morgan fingerprint density at radius 2 is 2.19 bits per heavy atom. The molecule has 1 aromatic heterocycles. The molecule has 3 N–H and O–H groups in total. The molecule has 2 aliphatic heterocycles. The highest BCUT2D eigenvalue weighted by atomic mass is 32.2. The van der Waals surface area contributed by atoms with E-state index in [4.69, 9.17) is 4.74 Å². The predicted molar refractivity (Wildman–Crippen MR) is 95.5 cm³/mol. The third kappa shape index (κ3) is 3.57. The second-order valence-electron chi connectivity index (χ2n) is 5.95. The lowest BCUT2D eigenvalue weighted by Gasteiger charge is -2.54. The van der Waals surface area contributed by atoms with Gasteiger partial charge in [0.15, 0.2) is 0 Å². The van der Waals surface area contributed by atoms with Gasteiger partial charge < -0.3 is 20.3 Å². The summed E-state index contributed by atoms with van der Waals surface area (Å²) in [5.41, 5.74) is -2.26. The van der Waals surface area contributed by atoms with Crippen molar-refractivity contribution in [3.05, 3.63) is 33.7 Å². The molecule has 11 heteroatoms. The first-order valence-corrected chi connectivity index (χ1v) is 9.76. The van der Waals surface area contributed by atoms with Gasteiger partial charge in [0.25, 0.3) is 11.6 Å². The summed E-state index contributed by atoms with van der Waals surface area (Å²) in [7, 11) is 0. The van der Waals surface area contributed by atoms with Gasteiger partial charge in [0.05, 0.1) is 6.42 Å². The molecule has 0 radical (unpaired) electrons. The number of carbonyl (C=O) groups excluding carboxylic acids is 3. The number of β-lactam (4-membered cyclic amide) rings is 1. The molecule has 144 valence electrons. The van der Waals surface area contributed by atoms with Gasteiger partial charge in [-0.05, 0) is 11.4 Å². The maximum absolute atomic E-state index is 12.5. The van der Waals surface area contributed by atoms with Gasteiger partial charge in [0.2, 0.25) is 5.91 Å². The summed E-state index contributed by atoms with van der Waals surface area (Å²) in [6.07, 6.45) is 0.00394. The standard InChI is InChI=1S/C16H16N2O7S2/c1-8(19)25-6-9-7-27-15-16(24,14(23)18(15)12(9)13(21)22)17-11(20)5-10-3-2-4-26-10/h2-4,15,24H,5-7H2,1H3,(H,17,20)(H,21,22)/t15-,16+/m1/s1. The first-order chi connectivity index (χ1) is 12.7. The number of fused-ring (bicyclic) bond motifs is 1. The van der Waals surface area contributed by atoms with Crippen LogP contribution in [0.3, 0.4) is 0 Å². The van der Waals surface area contributed by atoms with Gasteiger partial charge >= 0.3 is 11.9 Å². The summed E-state index contributed by atoms with van der Waals surface area (Å²) < 4.78 is 4.84. The Balaban J connectivity index is 1.76. The first-order valence-electron chi connectivity index (χ1n) is 7.83. The van der Waals surface area contributed by atoms with Crippen LogP contribution in [-0.2, 0) is 30.3 Å². The van der Waals surface area contributed by atoms with Crippen molar-refractivity contribution in [1.29, 1.82) is 0 Å². The van der Waals surface area contributed by atoms with Crippen LogP contribution in [0.5, 0.6) is 0 Å². The van der Waals surface area contributed by atoms with Crippen LogP contribution in [-0.4, -0.2) is 62.3 Å². The Morgan fingerprint density at radius 3 is 2.78 bits per heavy atom. The number of hydrogen-bond acceptors (Lipinski definition) is 8. The first kappa shape index (κ1) is 19.4. The topological polar surface area (TPSA) is 133 Å². The molecule has 1 aromatic rings. The van der Waals surface area contributed by atoms with Crippen molar-refractivity contribution in [2.75, 3.05) is 12.4 Å². The van der Waals surface area contributed by atoms with Crippen molar-refractivity contribution in [3.63, 3.8) is 0 Å². The molecule has 3 heterocycles. The molecule has 9 nitrogen and oxygen atoms in total. The number of hydrogen-bond donors (Lipinski definition) is 3. The molecule has 1 fully saturated rings. The third-order valence-corrected chi connectivity index (χ3v) is 6.28. The fourth-order valence-corrected chi connectivity index (χ4v) is 4.88. The van der Waals surface area contributed by atoms with Gasteiger partial charge in [-0.15, -0.1) is 23.1 Å². The summed E-state index contributed by atoms with van der Waals surface area (Å²) >= 11 is 2.45. The minimum Gasteiger partial charge on any atom is -0.477 e. The number of nitrogens with zero attached hydrogens (tertiary/aromatic N) is 1. The quantitative estimate of drug-likeness (QED) is 0.335. The van der Waals surface area contributed by atoms with E-state index in [0.717, 1.165) is 21.5 Å². The van der Waals surface area contributed by atoms with Crippen LogP contribution >= 0.6 is 23.1 Å². The van der Waals surface area contributed by atoms with Crippen molar-refractivity contribution in [1.82, 2.24) is 10.2 Å². The van der Waals surface area contributed by atoms with Crippen LogP contribution in [0, 0.1) is 0 Å². The normalized spacial score (nSPS) is 24.1. The average molecular weight is 412 g/mol. The SMILES string of the molecule is CC(=O)OCC1=C(C(=O)O)N2C(=O)[C@@](O)(NC(=O)Cc3cccs3)[C@H]2SC1. The van der Waals surface area contributed by atoms with E-state index < -0.39 is 34.9 Å². The van der Waals surface area contributed by atoms with Crippen LogP contribution in [0.15, 0.2) is 28.8 Å². The van der Waals surface area contributed by atoms with Crippen LogP contribution in [0.2, 0.25) is 0 Å². The van der Waals surface area contributed by atoms with E-state index >= 15 is 0 Å². The molecular weight excluding hydrogens is 396 g/mol. The number of ether oxygens (including phenoxy) is 1. The second-order valence-corrected chi connectivity index (χ2v) is 8.05. The molecule has 0 aromatic carbocycles. The second kappa shape index (κ2) is 7.33. The summed E-state index contributed by atoms with van der Waals surface area (Å²) in [5.74, 6) is -3.29. The molecule has 2 amide bonds. The molecule has 0 saturated carbocycles. The minimum atomic E-state index is -2.17. The molecule has 0 unspecified atom stereocenters. The Morgan fingerprint density at radius 1 is 1.44 bits per heavy atom. The van der Waals surface area contributed by atoms with E-state index in [-0.39, 0.29) is 30.1 Å². The smallest absolute Gasteiger partial charge is 0.352 e. The Bertz CT molecular complexity index is 836. The van der Waals surface area contributed by atoms with E-state index in [9.17, 15) is 29.4 Å². The Hall–Kier alpha value is -2.37. The number of amides is 2. The van der Waals surface area contributed by atoms with Crippen molar-refractivity contribution in [2.45, 2.75) is 24.4 Å². The zero-order valence-electron chi connectivity index (χ0n) is 14.1. The number of nitrogens with one attached hydrogen (secondary N) is 1. The molecule has 1 saturated heterocycles. The largest absolute Gasteiger partial charge is 0.477 e. The fraction of sp³-hybridized carbons (Fsp3) is 0.375. The summed E-state index contributed by atoms with van der Waals surface area (Å²) in [6, 6.07) is 3.54. The van der Waals surface area contributed by atoms with E-state index in [2.05, 4.69) is 5.32 Å². The molecule has 27 heavy (non-hydrogen) atoms. The van der Waals surface area contributed by atoms with Gasteiger partial charge in [0.1, 0.15) is 17.7 Å². The Kier molecular flexibility index (Phi) is 5.27. The lowest BCUT2D eigenvalue weighted by molar-refractivity contribution is -0.186. The van der Waals surface area contributed by atoms with Gasteiger partial charge in [-0.25, -0.2) is 4.79 Å². The molecule has 0 spiro atoms. The van der Waals surface area contributed by atoms with E-state index in [1.807, 2.05) is 0 Å². The zero-order valence-corrected chi connectivity index (χ0v) is 15.8. The zero-order chi connectivity index (χ0) is 19.8. The highest BCUT2D eigenvalue weighted by molar-refractivity contribution is 8.00. The molecule has 0 bridgehead atoms. The van der Waals surface area contributed by atoms with E-state index in [1.54, 1.807) is 17.5 Å². The lowest BCUT2D eigenvalue weighted by Crippen LogP contribution is -2.80. The molecule has 2 aliphatic rings. The monoisotopic (exact) mass is 412 g/mol. The third-order valence-electron chi connectivity index (χ3n) is 4.03. The predicted octanol–water partition coefficient (Wildman–Crippen LogP) is -0.0877. The molecule has 2 atom stereocenters. The maximum atomic E-state index is 12.5. The number of carbonyl (C=O) groups is 4. The fourth-order valence-electron chi connectivity index (χ4n) is 2.85. The molecular formula is C16H16N2O7S2. The number of rotatable bonds is 6. The lowest BCUT2D eigenvalue weighted by atomic mass is 9.98. The molecule has 3 rings (SSSR count). The van der Waals surface area contributed by atoms with Crippen LogP contribution in [0.25, 0.3) is 0 Å². The van der Waals surface area contributed by atoms with Crippen molar-refractivity contribution < 1.29 is 34.1 Å². The number of aliphatic hydroxyl groups is 1. The number of thiophene rings is 1. The minimum absolute atomic E-state index is 0.00394. The van der Waals surface area contributed by atoms with Crippen LogP contribution < -0.4 is 5.32 Å². The highest BCUT2D eigenvalue weighted by Crippen LogP contribution is 2.45. The van der Waals surface area contributed by atoms with Gasteiger partial charge in [-0.1, -0.05) is 6.07 Å².